The summed E-state index contributed by atoms with van der Waals surface area (Å²) in [5.41, 5.74) is 0.200. The van der Waals surface area contributed by atoms with E-state index in [9.17, 15) is 32.3 Å². The van der Waals surface area contributed by atoms with Crippen molar-refractivity contribution >= 4 is 11.9 Å². The molecular formula is C22H21F4LiN2O3. The monoisotopic (exact) mass is 444 g/mol. The van der Waals surface area contributed by atoms with E-state index in [0.717, 1.165) is 12.1 Å². The number of hydrogen-bond acceptors (Lipinski definition) is 4. The predicted octanol–water partition coefficient (Wildman–Crippen LogP) is -0.137. The fourth-order valence-electron chi connectivity index (χ4n) is 3.68. The number of nitrogens with one attached hydrogen (secondary N) is 1. The standard InChI is InChI=1S/C22H22F4N2O3.Li/c1-13(15-5-7-16(8-6-15)21(30)31)27-20(29)19-10-18(23)12-28(19)11-14-3-2-4-17(9-14)22(24,25)26;/h2-9,13,18-19H,10-12H2,1H3,(H,27,29)(H,30,31);/q;+1/p-1/t13-,18-,19+;/m0./s1. The van der Waals surface area contributed by atoms with Crippen molar-refractivity contribution in [3.63, 3.8) is 0 Å². The molecule has 1 aliphatic heterocycles. The van der Waals surface area contributed by atoms with Crippen LogP contribution in [-0.4, -0.2) is 35.5 Å². The topological polar surface area (TPSA) is 72.5 Å². The van der Waals surface area contributed by atoms with Crippen LogP contribution in [0.4, 0.5) is 17.6 Å². The van der Waals surface area contributed by atoms with E-state index in [2.05, 4.69) is 5.32 Å². The number of likely N-dealkylation sites (tertiary alicyclic amines) is 1. The third-order valence-electron chi connectivity index (χ3n) is 5.30. The molecule has 1 N–H and O–H groups in total. The second-order valence-corrected chi connectivity index (χ2v) is 7.62. The van der Waals surface area contributed by atoms with Gasteiger partial charge in [-0.15, -0.1) is 0 Å². The summed E-state index contributed by atoms with van der Waals surface area (Å²) in [6, 6.07) is 9.27. The number of benzene rings is 2. The summed E-state index contributed by atoms with van der Waals surface area (Å²) in [6.07, 6.45) is -5.80. The first kappa shape index (κ1) is 25.9. The summed E-state index contributed by atoms with van der Waals surface area (Å²) >= 11 is 0. The van der Waals surface area contributed by atoms with Crippen LogP contribution >= 0.6 is 0 Å². The predicted molar refractivity (Wildman–Crippen MR) is 102 cm³/mol. The third-order valence-corrected chi connectivity index (χ3v) is 5.30. The molecule has 1 aliphatic rings. The number of aromatic carboxylic acids is 1. The van der Waals surface area contributed by atoms with Gasteiger partial charge >= 0.3 is 25.0 Å². The van der Waals surface area contributed by atoms with Crippen LogP contribution in [0.15, 0.2) is 48.5 Å². The number of carbonyl (C=O) groups excluding carboxylic acids is 2. The summed E-state index contributed by atoms with van der Waals surface area (Å²) in [6.45, 7) is 1.66. The van der Waals surface area contributed by atoms with Crippen LogP contribution in [0.5, 0.6) is 0 Å². The van der Waals surface area contributed by atoms with Crippen LogP contribution in [0, 0.1) is 0 Å². The Hall–Kier alpha value is -2.34. The zero-order chi connectivity index (χ0) is 22.8. The van der Waals surface area contributed by atoms with Crippen LogP contribution in [0.1, 0.15) is 46.4 Å². The first-order chi connectivity index (χ1) is 14.5. The van der Waals surface area contributed by atoms with Gasteiger partial charge in [0.1, 0.15) is 6.17 Å². The number of nitrogens with zero attached hydrogens (tertiary/aromatic N) is 1. The van der Waals surface area contributed by atoms with Crippen LogP contribution in [-0.2, 0) is 17.5 Å². The van der Waals surface area contributed by atoms with E-state index in [4.69, 9.17) is 0 Å². The Morgan fingerprint density at radius 3 is 2.44 bits per heavy atom. The van der Waals surface area contributed by atoms with Crippen LogP contribution in [0.25, 0.3) is 0 Å². The van der Waals surface area contributed by atoms with E-state index in [-0.39, 0.29) is 43.9 Å². The van der Waals surface area contributed by atoms with Crippen LogP contribution in [0.2, 0.25) is 0 Å². The smallest absolute Gasteiger partial charge is 0.545 e. The molecule has 3 atom stereocenters. The zero-order valence-electron chi connectivity index (χ0n) is 17.7. The molecule has 10 heteroatoms. The van der Waals surface area contributed by atoms with Crippen LogP contribution < -0.4 is 29.3 Å². The van der Waals surface area contributed by atoms with Gasteiger partial charge in [-0.25, -0.2) is 4.39 Å². The Morgan fingerprint density at radius 2 is 1.84 bits per heavy atom. The Bertz CT molecular complexity index is 953. The summed E-state index contributed by atoms with van der Waals surface area (Å²) in [5.74, 6) is -1.75. The SMILES string of the molecule is C[C@H](NC(=O)[C@H]1C[C@H](F)CN1Cc1cccc(C(F)(F)F)c1)c1ccc(C(=O)[O-])cc1.[Li+]. The first-order valence-corrected chi connectivity index (χ1v) is 9.70. The molecule has 0 unspecified atom stereocenters. The van der Waals surface area contributed by atoms with E-state index >= 15 is 0 Å². The van der Waals surface area contributed by atoms with Crippen molar-refractivity contribution in [2.24, 2.45) is 0 Å². The minimum atomic E-state index is -4.48. The minimum Gasteiger partial charge on any atom is -0.545 e. The maximum atomic E-state index is 14.1. The van der Waals surface area contributed by atoms with Gasteiger partial charge in [0.05, 0.1) is 23.6 Å². The van der Waals surface area contributed by atoms with E-state index in [1.54, 1.807) is 19.1 Å². The number of carboxylic acid groups (broad SMARTS) is 1. The molecule has 0 saturated carbocycles. The fraction of sp³-hybridized carbons (Fsp3) is 0.364. The Balaban J connectivity index is 0.00000363. The second-order valence-electron chi connectivity index (χ2n) is 7.62. The molecule has 0 aliphatic carbocycles. The molecule has 5 nitrogen and oxygen atoms in total. The van der Waals surface area contributed by atoms with Crippen LogP contribution in [0.3, 0.4) is 0 Å². The number of halogens is 4. The van der Waals surface area contributed by atoms with Crippen molar-refractivity contribution in [2.45, 2.75) is 44.3 Å². The zero-order valence-corrected chi connectivity index (χ0v) is 17.7. The van der Waals surface area contributed by atoms with Gasteiger partial charge in [0.2, 0.25) is 5.91 Å². The van der Waals surface area contributed by atoms with Gasteiger partial charge < -0.3 is 15.2 Å². The molecule has 166 valence electrons. The molecule has 32 heavy (non-hydrogen) atoms. The summed E-state index contributed by atoms with van der Waals surface area (Å²) in [4.78, 5) is 25.1. The van der Waals surface area contributed by atoms with Gasteiger partial charge in [0, 0.05) is 19.5 Å². The Labute approximate surface area is 195 Å². The number of alkyl halides is 4. The summed E-state index contributed by atoms with van der Waals surface area (Å²) in [7, 11) is 0. The largest absolute Gasteiger partial charge is 1.00 e. The summed E-state index contributed by atoms with van der Waals surface area (Å²) < 4.78 is 52.9. The van der Waals surface area contributed by atoms with E-state index in [1.165, 1.54) is 29.2 Å². The molecular weight excluding hydrogens is 423 g/mol. The molecule has 2 aromatic rings. The number of rotatable bonds is 6. The number of hydrogen-bond donors (Lipinski definition) is 1. The van der Waals surface area contributed by atoms with Gasteiger partial charge in [-0.1, -0.05) is 42.5 Å². The van der Waals surface area contributed by atoms with Gasteiger partial charge in [0.25, 0.3) is 0 Å². The average molecular weight is 444 g/mol. The number of carbonyl (C=O) groups is 2. The van der Waals surface area contributed by atoms with Crippen molar-refractivity contribution in [2.75, 3.05) is 6.54 Å². The Kier molecular flexibility index (Phi) is 8.52. The molecule has 0 radical (unpaired) electrons. The van der Waals surface area contributed by atoms with Gasteiger partial charge in [-0.2, -0.15) is 13.2 Å². The maximum Gasteiger partial charge on any atom is 1.00 e. The van der Waals surface area contributed by atoms with Crippen molar-refractivity contribution in [1.82, 2.24) is 10.2 Å². The van der Waals surface area contributed by atoms with E-state index in [1.807, 2.05) is 0 Å². The molecule has 1 fully saturated rings. The molecule has 0 aromatic heterocycles. The molecule has 1 heterocycles. The van der Waals surface area contributed by atoms with Crippen molar-refractivity contribution in [3.05, 3.63) is 70.8 Å². The van der Waals surface area contributed by atoms with Crippen molar-refractivity contribution in [3.8, 4) is 0 Å². The van der Waals surface area contributed by atoms with Gasteiger partial charge in [0.15, 0.2) is 0 Å². The van der Waals surface area contributed by atoms with Gasteiger partial charge in [-0.05, 0) is 29.7 Å². The summed E-state index contributed by atoms with van der Waals surface area (Å²) in [5, 5.41) is 13.6. The van der Waals surface area contributed by atoms with E-state index in [0.29, 0.717) is 11.1 Å². The normalized spacial score (nSPS) is 19.8. The van der Waals surface area contributed by atoms with E-state index < -0.39 is 41.9 Å². The second kappa shape index (κ2) is 10.5. The van der Waals surface area contributed by atoms with Gasteiger partial charge in [-0.3, -0.25) is 9.69 Å². The molecule has 2 aromatic carbocycles. The molecule has 1 saturated heterocycles. The molecule has 1 amide bonds. The molecule has 3 rings (SSSR count). The minimum absolute atomic E-state index is 0. The number of amides is 1. The Morgan fingerprint density at radius 1 is 1.19 bits per heavy atom. The molecule has 0 spiro atoms. The number of carboxylic acids is 1. The maximum absolute atomic E-state index is 14.1. The third kappa shape index (κ3) is 6.34. The van der Waals surface area contributed by atoms with Crippen molar-refractivity contribution < 1.29 is 51.1 Å². The quantitative estimate of drug-likeness (QED) is 0.498. The fourth-order valence-corrected chi connectivity index (χ4v) is 3.68. The first-order valence-electron chi connectivity index (χ1n) is 9.70. The average Bonchev–Trinajstić information content (AvgIpc) is 3.07. The van der Waals surface area contributed by atoms with Crippen molar-refractivity contribution in [1.29, 1.82) is 0 Å². The molecule has 0 bridgehead atoms.